The molecule has 1 aliphatic rings. The van der Waals surface area contributed by atoms with Crippen molar-refractivity contribution in [2.45, 2.75) is 32.2 Å². The zero-order valence-corrected chi connectivity index (χ0v) is 9.79. The zero-order chi connectivity index (χ0) is 11.5. The lowest BCUT2D eigenvalue weighted by Gasteiger charge is -2.15. The molecule has 5 heteroatoms. The number of anilines is 1. The van der Waals surface area contributed by atoms with Crippen molar-refractivity contribution in [3.63, 3.8) is 0 Å². The fourth-order valence-corrected chi connectivity index (χ4v) is 2.01. The Labute approximate surface area is 95.2 Å². The van der Waals surface area contributed by atoms with Crippen molar-refractivity contribution in [1.82, 2.24) is 15.1 Å². The molecular weight excluding hydrogens is 204 g/mol. The van der Waals surface area contributed by atoms with Gasteiger partial charge in [0.05, 0.1) is 11.4 Å². The molecule has 1 unspecified atom stereocenters. The smallest absolute Gasteiger partial charge is 0.242 e. The Morgan fingerprint density at radius 1 is 1.56 bits per heavy atom. The number of hydrogen-bond acceptors (Lipinski definition) is 3. The van der Waals surface area contributed by atoms with Crippen LogP contribution in [0.25, 0.3) is 0 Å². The van der Waals surface area contributed by atoms with E-state index in [2.05, 4.69) is 15.7 Å². The van der Waals surface area contributed by atoms with Gasteiger partial charge in [-0.25, -0.2) is 0 Å². The summed E-state index contributed by atoms with van der Waals surface area (Å²) in [7, 11) is 1.88. The van der Waals surface area contributed by atoms with Gasteiger partial charge in [-0.3, -0.25) is 9.48 Å². The largest absolute Gasteiger partial charge is 0.371 e. The molecule has 0 saturated carbocycles. The van der Waals surface area contributed by atoms with Gasteiger partial charge in [0.2, 0.25) is 5.91 Å². The molecule has 1 aromatic rings. The van der Waals surface area contributed by atoms with Gasteiger partial charge in [-0.05, 0) is 26.2 Å². The number of nitrogens with zero attached hydrogens (tertiary/aromatic N) is 2. The van der Waals surface area contributed by atoms with Gasteiger partial charge in [0.25, 0.3) is 0 Å². The van der Waals surface area contributed by atoms with Crippen LogP contribution in [0, 0.1) is 6.92 Å². The van der Waals surface area contributed by atoms with Gasteiger partial charge in [-0.15, -0.1) is 0 Å². The molecule has 2 rings (SSSR count). The van der Waals surface area contributed by atoms with E-state index in [0.29, 0.717) is 0 Å². The average Bonchev–Trinajstić information content (AvgIpc) is 2.43. The molecule has 1 saturated heterocycles. The number of aryl methyl sites for hydroxylation is 2. The van der Waals surface area contributed by atoms with Crippen LogP contribution < -0.4 is 10.6 Å². The van der Waals surface area contributed by atoms with Crippen LogP contribution >= 0.6 is 0 Å². The van der Waals surface area contributed by atoms with E-state index in [1.807, 2.05) is 20.2 Å². The third-order valence-electron chi connectivity index (χ3n) is 2.88. The molecule has 0 aliphatic carbocycles. The van der Waals surface area contributed by atoms with E-state index in [1.54, 1.807) is 4.68 Å². The quantitative estimate of drug-likeness (QED) is 0.778. The Kier molecular flexibility index (Phi) is 3.12. The number of hydrogen-bond donors (Lipinski definition) is 2. The number of rotatable bonds is 2. The molecule has 5 nitrogen and oxygen atoms in total. The first-order chi connectivity index (χ1) is 7.66. The van der Waals surface area contributed by atoms with E-state index < -0.39 is 0 Å². The van der Waals surface area contributed by atoms with E-state index >= 15 is 0 Å². The summed E-state index contributed by atoms with van der Waals surface area (Å²) in [5.41, 5.74) is 1.88. The van der Waals surface area contributed by atoms with Crippen LogP contribution in [0.3, 0.4) is 0 Å². The third-order valence-corrected chi connectivity index (χ3v) is 2.88. The highest BCUT2D eigenvalue weighted by atomic mass is 16.2. The number of amides is 1. The van der Waals surface area contributed by atoms with Crippen LogP contribution in [-0.4, -0.2) is 28.3 Å². The normalized spacial score (nSPS) is 21.4. The van der Waals surface area contributed by atoms with Gasteiger partial charge in [-0.1, -0.05) is 0 Å². The van der Waals surface area contributed by atoms with Crippen molar-refractivity contribution in [1.29, 1.82) is 0 Å². The van der Waals surface area contributed by atoms with Gasteiger partial charge in [0, 0.05) is 19.8 Å². The summed E-state index contributed by atoms with van der Waals surface area (Å²) in [5, 5.41) is 10.4. The standard InChI is InChI=1S/C11H18N4O/c1-8-10(7-15(2)14-8)13-9-5-3-4-6-12-11(9)16/h7,9,13H,3-6H2,1-2H3,(H,12,16). The van der Waals surface area contributed by atoms with Crippen molar-refractivity contribution in [2.75, 3.05) is 11.9 Å². The number of aromatic nitrogens is 2. The van der Waals surface area contributed by atoms with E-state index in [9.17, 15) is 4.79 Å². The molecule has 1 aliphatic heterocycles. The van der Waals surface area contributed by atoms with Crippen LogP contribution in [0.4, 0.5) is 5.69 Å². The van der Waals surface area contributed by atoms with E-state index in [4.69, 9.17) is 0 Å². The van der Waals surface area contributed by atoms with E-state index in [0.717, 1.165) is 37.2 Å². The Morgan fingerprint density at radius 2 is 2.38 bits per heavy atom. The van der Waals surface area contributed by atoms with Crippen LogP contribution in [0.2, 0.25) is 0 Å². The van der Waals surface area contributed by atoms with Crippen molar-refractivity contribution in [3.8, 4) is 0 Å². The molecule has 1 amide bonds. The minimum absolute atomic E-state index is 0.0979. The van der Waals surface area contributed by atoms with Crippen LogP contribution in [0.15, 0.2) is 6.20 Å². The van der Waals surface area contributed by atoms with Gasteiger partial charge < -0.3 is 10.6 Å². The van der Waals surface area contributed by atoms with Crippen LogP contribution in [0.1, 0.15) is 25.0 Å². The molecule has 0 bridgehead atoms. The maximum atomic E-state index is 11.7. The summed E-state index contributed by atoms with van der Waals surface area (Å²) in [4.78, 5) is 11.7. The van der Waals surface area contributed by atoms with Crippen molar-refractivity contribution < 1.29 is 4.79 Å². The van der Waals surface area contributed by atoms with E-state index in [1.165, 1.54) is 0 Å². The topological polar surface area (TPSA) is 59.0 Å². The maximum absolute atomic E-state index is 11.7. The van der Waals surface area contributed by atoms with Gasteiger partial charge in [0.1, 0.15) is 6.04 Å². The first-order valence-corrected chi connectivity index (χ1v) is 5.71. The molecule has 2 heterocycles. The summed E-state index contributed by atoms with van der Waals surface area (Å²) in [6.45, 7) is 2.74. The molecule has 1 aromatic heterocycles. The lowest BCUT2D eigenvalue weighted by Crippen LogP contribution is -2.37. The molecule has 1 atom stereocenters. The molecule has 2 N–H and O–H groups in total. The lowest BCUT2D eigenvalue weighted by atomic mass is 10.1. The second-order valence-corrected chi connectivity index (χ2v) is 4.29. The van der Waals surface area contributed by atoms with Crippen molar-refractivity contribution in [3.05, 3.63) is 11.9 Å². The van der Waals surface area contributed by atoms with Crippen LogP contribution in [0.5, 0.6) is 0 Å². The SMILES string of the molecule is Cc1nn(C)cc1NC1CCCCNC1=O. The minimum atomic E-state index is -0.120. The summed E-state index contributed by atoms with van der Waals surface area (Å²) >= 11 is 0. The third kappa shape index (κ3) is 2.35. The van der Waals surface area contributed by atoms with Crippen molar-refractivity contribution >= 4 is 11.6 Å². The minimum Gasteiger partial charge on any atom is -0.371 e. The Balaban J connectivity index is 2.07. The first-order valence-electron chi connectivity index (χ1n) is 5.71. The second kappa shape index (κ2) is 4.55. The Hall–Kier alpha value is -1.52. The van der Waals surface area contributed by atoms with Crippen LogP contribution in [-0.2, 0) is 11.8 Å². The molecule has 0 radical (unpaired) electrons. The first kappa shape index (κ1) is 11.0. The lowest BCUT2D eigenvalue weighted by molar-refractivity contribution is -0.121. The Morgan fingerprint density at radius 3 is 3.06 bits per heavy atom. The molecule has 0 spiro atoms. The monoisotopic (exact) mass is 222 g/mol. The Bertz CT molecular complexity index is 385. The molecule has 16 heavy (non-hydrogen) atoms. The highest BCUT2D eigenvalue weighted by Gasteiger charge is 2.21. The predicted molar refractivity (Wildman–Crippen MR) is 62.2 cm³/mol. The molecule has 1 fully saturated rings. The van der Waals surface area contributed by atoms with Gasteiger partial charge >= 0.3 is 0 Å². The maximum Gasteiger partial charge on any atom is 0.242 e. The average molecular weight is 222 g/mol. The van der Waals surface area contributed by atoms with E-state index in [-0.39, 0.29) is 11.9 Å². The van der Waals surface area contributed by atoms with Crippen molar-refractivity contribution in [2.24, 2.45) is 7.05 Å². The second-order valence-electron chi connectivity index (χ2n) is 4.29. The molecule has 0 aromatic carbocycles. The zero-order valence-electron chi connectivity index (χ0n) is 9.79. The predicted octanol–water partition coefficient (Wildman–Crippen LogP) is 0.809. The number of carbonyl (C=O) groups excluding carboxylic acids is 1. The fraction of sp³-hybridized carbons (Fsp3) is 0.636. The number of carbonyl (C=O) groups is 1. The summed E-state index contributed by atoms with van der Waals surface area (Å²) in [5.74, 6) is 0.0979. The number of nitrogens with one attached hydrogen (secondary N) is 2. The highest BCUT2D eigenvalue weighted by Crippen LogP contribution is 2.16. The van der Waals surface area contributed by atoms with Gasteiger partial charge in [0.15, 0.2) is 0 Å². The summed E-state index contributed by atoms with van der Waals surface area (Å²) < 4.78 is 1.76. The molecular formula is C11H18N4O. The summed E-state index contributed by atoms with van der Waals surface area (Å²) in [6, 6.07) is -0.120. The molecule has 88 valence electrons. The fourth-order valence-electron chi connectivity index (χ4n) is 2.01. The van der Waals surface area contributed by atoms with Gasteiger partial charge in [-0.2, -0.15) is 5.10 Å². The summed E-state index contributed by atoms with van der Waals surface area (Å²) in [6.07, 6.45) is 4.94. The highest BCUT2D eigenvalue weighted by molar-refractivity contribution is 5.84.